The Morgan fingerprint density at radius 3 is 2.14 bits per heavy atom. The van der Waals surface area contributed by atoms with E-state index in [1.165, 1.54) is 43.4 Å². The van der Waals surface area contributed by atoms with E-state index in [4.69, 9.17) is 10.8 Å². The molecule has 1 aromatic carbocycles. The summed E-state index contributed by atoms with van der Waals surface area (Å²) in [5.74, 6) is -7.28. The van der Waals surface area contributed by atoms with E-state index in [9.17, 15) is 58.3 Å². The summed E-state index contributed by atoms with van der Waals surface area (Å²) >= 11 is 0. The number of hydrazine groups is 1. The summed E-state index contributed by atoms with van der Waals surface area (Å²) in [7, 11) is -1.66. The van der Waals surface area contributed by atoms with E-state index in [-0.39, 0.29) is 49.6 Å². The number of nitrogens with two attached hydrogens (primary N) is 1. The lowest BCUT2D eigenvalue weighted by molar-refractivity contribution is -0.142. The Labute approximate surface area is 375 Å². The SMILES string of the molecule is C[C@H](NC(=O)[C@@H](N)CC(=O)O)C(=O)NC(Cc1c[nH]cn1)C(=O)NC(CCCCNC(=O)CCCCCC(=O)NNc1ccc(C(=O)N[C@H](C)C(=O)N2CCC[C@H]2B(O)O)cc1)C(=O)O. The zero-order valence-electron chi connectivity index (χ0n) is 36.3. The third kappa shape index (κ3) is 18.6. The van der Waals surface area contributed by atoms with Crippen molar-refractivity contribution in [2.45, 2.75) is 127 Å². The molecular formula is C40H60BN11O13. The first-order chi connectivity index (χ1) is 30.9. The van der Waals surface area contributed by atoms with Gasteiger partial charge in [-0.25, -0.2) is 9.78 Å². The summed E-state index contributed by atoms with van der Waals surface area (Å²) in [6.45, 7) is 3.45. The minimum Gasteiger partial charge on any atom is -0.481 e. The van der Waals surface area contributed by atoms with Crippen LogP contribution in [0.3, 0.4) is 0 Å². The van der Waals surface area contributed by atoms with Gasteiger partial charge in [-0.1, -0.05) is 6.42 Å². The highest BCUT2D eigenvalue weighted by Crippen LogP contribution is 2.19. The van der Waals surface area contributed by atoms with Gasteiger partial charge in [0.05, 0.1) is 36.1 Å². The second-order valence-corrected chi connectivity index (χ2v) is 15.7. The Bertz CT molecular complexity index is 1940. The lowest BCUT2D eigenvalue weighted by Gasteiger charge is -2.27. The van der Waals surface area contributed by atoms with Crippen molar-refractivity contribution in [2.24, 2.45) is 5.73 Å². The average Bonchev–Trinajstić information content (AvgIpc) is 3.97. The molecule has 0 saturated carbocycles. The van der Waals surface area contributed by atoms with Gasteiger partial charge in [0.1, 0.15) is 24.2 Å². The van der Waals surface area contributed by atoms with Crippen LogP contribution in [-0.2, 0) is 44.8 Å². The Morgan fingerprint density at radius 1 is 0.831 bits per heavy atom. The van der Waals surface area contributed by atoms with Gasteiger partial charge in [-0.15, -0.1) is 0 Å². The van der Waals surface area contributed by atoms with Gasteiger partial charge < -0.3 is 62.5 Å². The van der Waals surface area contributed by atoms with E-state index < -0.39 is 91.2 Å². The molecule has 1 aromatic heterocycles. The van der Waals surface area contributed by atoms with E-state index in [1.807, 2.05) is 0 Å². The monoisotopic (exact) mass is 913 g/mol. The maximum absolute atomic E-state index is 13.3. The number of unbranched alkanes of at least 4 members (excludes halogenated alkanes) is 3. The normalized spacial score (nSPS) is 15.5. The molecule has 0 spiro atoms. The first-order valence-electron chi connectivity index (χ1n) is 21.3. The number of likely N-dealkylation sites (tertiary alicyclic amines) is 1. The fourth-order valence-corrected chi connectivity index (χ4v) is 6.73. The molecule has 0 bridgehead atoms. The number of benzene rings is 1. The Balaban J connectivity index is 1.30. The molecule has 65 heavy (non-hydrogen) atoms. The summed E-state index contributed by atoms with van der Waals surface area (Å²) < 4.78 is 0. The van der Waals surface area contributed by atoms with Crippen LogP contribution in [0, 0.1) is 0 Å². The fraction of sp³-hybridized carbons (Fsp3) is 0.550. The number of aromatic amines is 1. The topological polar surface area (TPSA) is 377 Å². The van der Waals surface area contributed by atoms with Crippen LogP contribution >= 0.6 is 0 Å². The van der Waals surface area contributed by atoms with E-state index in [0.717, 1.165) is 0 Å². The molecule has 2 unspecified atom stereocenters. The Kier molecular flexibility index (Phi) is 21.8. The van der Waals surface area contributed by atoms with Crippen LogP contribution in [0.5, 0.6) is 0 Å². The van der Waals surface area contributed by atoms with Crippen molar-refractivity contribution in [2.75, 3.05) is 18.5 Å². The van der Waals surface area contributed by atoms with Gasteiger partial charge in [0.25, 0.3) is 5.91 Å². The number of hydrogen-bond acceptors (Lipinski definition) is 14. The molecule has 7 amide bonds. The Hall–Kier alpha value is -6.60. The summed E-state index contributed by atoms with van der Waals surface area (Å²) in [4.78, 5) is 120. The molecule has 25 heteroatoms. The van der Waals surface area contributed by atoms with Gasteiger partial charge >= 0.3 is 19.1 Å². The second-order valence-electron chi connectivity index (χ2n) is 15.7. The lowest BCUT2D eigenvalue weighted by atomic mass is 9.78. The molecule has 1 aliphatic rings. The molecule has 1 aliphatic heterocycles. The van der Waals surface area contributed by atoms with Gasteiger partial charge in [-0.2, -0.15) is 0 Å². The smallest absolute Gasteiger partial charge is 0.475 e. The number of imidazole rings is 1. The summed E-state index contributed by atoms with van der Waals surface area (Å²) in [5.41, 5.74) is 12.0. The molecule has 0 radical (unpaired) electrons. The minimum absolute atomic E-state index is 0.00995. The largest absolute Gasteiger partial charge is 0.481 e. The van der Waals surface area contributed by atoms with Gasteiger partial charge in [0.2, 0.25) is 35.4 Å². The number of H-pyrrole nitrogens is 1. The van der Waals surface area contributed by atoms with Crippen LogP contribution in [0.15, 0.2) is 36.8 Å². The van der Waals surface area contributed by atoms with Gasteiger partial charge in [0, 0.05) is 44.1 Å². The predicted molar refractivity (Wildman–Crippen MR) is 232 cm³/mol. The number of aromatic nitrogens is 2. The number of nitrogens with zero attached hydrogens (tertiary/aromatic N) is 2. The maximum atomic E-state index is 13.3. The number of rotatable bonds is 28. The van der Waals surface area contributed by atoms with Crippen molar-refractivity contribution in [1.29, 1.82) is 0 Å². The fourth-order valence-electron chi connectivity index (χ4n) is 6.73. The standard InChI is InChI=1S/C40H60BN11O13/c1-23(46-37(59)28(42)20-34(55)56)35(57)49-30(19-27-21-43-22-45-27)38(60)48-29(40(62)63)9-6-7-17-44-32(53)11-4-3-5-12-33(54)51-50-26-15-13-25(14-16-26)36(58)47-24(2)39(61)52-18-8-10-31(52)41(64)65/h13-16,21-24,28-31,50,64-65H,3-12,17-20,42H2,1-2H3,(H,43,45)(H,44,53)(H,46,59)(H,47,58)(H,48,60)(H,49,57)(H,51,54)(H,55,56)(H,62,63)/t23-,24+,28-,29?,30?,31-/m0/s1. The van der Waals surface area contributed by atoms with Crippen LogP contribution in [0.4, 0.5) is 5.69 Å². The molecule has 3 rings (SSSR count). The molecule has 0 aliphatic carbocycles. The van der Waals surface area contributed by atoms with Crippen LogP contribution < -0.4 is 43.2 Å². The highest BCUT2D eigenvalue weighted by Gasteiger charge is 2.38. The molecule has 2 heterocycles. The molecule has 1 fully saturated rings. The first-order valence-corrected chi connectivity index (χ1v) is 21.3. The molecule has 2 aromatic rings. The predicted octanol–water partition coefficient (Wildman–Crippen LogP) is -2.19. The van der Waals surface area contributed by atoms with E-state index >= 15 is 0 Å². The third-order valence-corrected chi connectivity index (χ3v) is 10.4. The molecule has 14 N–H and O–H groups in total. The zero-order valence-corrected chi connectivity index (χ0v) is 36.3. The quantitative estimate of drug-likeness (QED) is 0.0245. The maximum Gasteiger partial charge on any atom is 0.475 e. The highest BCUT2D eigenvalue weighted by molar-refractivity contribution is 6.43. The van der Waals surface area contributed by atoms with Gasteiger partial charge in [-0.3, -0.25) is 49.2 Å². The van der Waals surface area contributed by atoms with Crippen molar-refractivity contribution in [3.8, 4) is 0 Å². The molecule has 356 valence electrons. The van der Waals surface area contributed by atoms with E-state index in [2.05, 4.69) is 47.4 Å². The number of amides is 7. The van der Waals surface area contributed by atoms with Gasteiger partial charge in [-0.05, 0) is 83.1 Å². The number of anilines is 1. The van der Waals surface area contributed by atoms with Crippen molar-refractivity contribution >= 4 is 66.1 Å². The van der Waals surface area contributed by atoms with Gasteiger partial charge in [0.15, 0.2) is 0 Å². The van der Waals surface area contributed by atoms with Crippen LogP contribution in [0.2, 0.25) is 0 Å². The average molecular weight is 914 g/mol. The van der Waals surface area contributed by atoms with Crippen molar-refractivity contribution in [3.05, 3.63) is 48.0 Å². The lowest BCUT2D eigenvalue weighted by Crippen LogP contribution is -2.57. The first kappa shape index (κ1) is 52.7. The zero-order chi connectivity index (χ0) is 48.1. The number of carbonyl (C=O) groups excluding carboxylic acids is 7. The molecule has 24 nitrogen and oxygen atoms in total. The molecule has 6 atom stereocenters. The van der Waals surface area contributed by atoms with Crippen molar-refractivity contribution in [1.82, 2.24) is 46.9 Å². The number of carboxylic acid groups (broad SMARTS) is 2. The van der Waals surface area contributed by atoms with E-state index in [0.29, 0.717) is 62.9 Å². The van der Waals surface area contributed by atoms with E-state index in [1.54, 1.807) is 12.1 Å². The minimum atomic E-state index is -1.66. The highest BCUT2D eigenvalue weighted by atomic mass is 16.4. The Morgan fingerprint density at radius 2 is 1.51 bits per heavy atom. The van der Waals surface area contributed by atoms with Crippen LogP contribution in [-0.4, -0.2) is 145 Å². The number of aliphatic carboxylic acids is 2. The van der Waals surface area contributed by atoms with Crippen LogP contribution in [0.25, 0.3) is 0 Å². The number of nitrogens with one attached hydrogen (secondary N) is 8. The summed E-state index contributed by atoms with van der Waals surface area (Å²) in [6.07, 6.45) is 5.90. The number of carboxylic acids is 2. The number of carbonyl (C=O) groups is 9. The second kappa shape index (κ2) is 26.9. The summed E-state index contributed by atoms with van der Waals surface area (Å²) in [6, 6.07) is 0.0354. The molecule has 1 saturated heterocycles. The number of hydrogen-bond donors (Lipinski definition) is 13. The van der Waals surface area contributed by atoms with Crippen molar-refractivity contribution in [3.63, 3.8) is 0 Å². The van der Waals surface area contributed by atoms with Crippen LogP contribution in [0.1, 0.15) is 101 Å². The van der Waals surface area contributed by atoms with Crippen molar-refractivity contribution < 1.29 is 63.4 Å². The molecular weight excluding hydrogens is 853 g/mol. The summed E-state index contributed by atoms with van der Waals surface area (Å²) in [5, 5.41) is 50.3. The third-order valence-electron chi connectivity index (χ3n) is 10.4.